The lowest BCUT2D eigenvalue weighted by Crippen LogP contribution is -2.34. The molecule has 6 nitrogen and oxygen atoms in total. The molecule has 0 unspecified atom stereocenters. The Morgan fingerprint density at radius 1 is 0.933 bits per heavy atom. The highest BCUT2D eigenvalue weighted by molar-refractivity contribution is 7.92. The third-order valence-corrected chi connectivity index (χ3v) is 6.23. The molecule has 0 aliphatic carbocycles. The SMILES string of the molecule is CS(=O)(=O)N1CCCc2cc(C(=O)Nc3ccccc3Nc3ccccc3)ccc21. The summed E-state index contributed by atoms with van der Waals surface area (Å²) in [4.78, 5) is 12.9. The highest BCUT2D eigenvalue weighted by Gasteiger charge is 2.24. The molecule has 2 N–H and O–H groups in total. The molecular formula is C23H23N3O3S. The monoisotopic (exact) mass is 421 g/mol. The van der Waals surface area contributed by atoms with Crippen LogP contribution in [-0.4, -0.2) is 27.1 Å². The number of fused-ring (bicyclic) bond motifs is 1. The Kier molecular flexibility index (Phi) is 5.46. The van der Waals surface area contributed by atoms with E-state index in [0.29, 0.717) is 23.5 Å². The van der Waals surface area contributed by atoms with Crippen LogP contribution in [0.5, 0.6) is 0 Å². The van der Waals surface area contributed by atoms with Crippen molar-refractivity contribution in [1.29, 1.82) is 0 Å². The van der Waals surface area contributed by atoms with Crippen LogP contribution in [0.15, 0.2) is 72.8 Å². The fourth-order valence-electron chi connectivity index (χ4n) is 3.62. The number of rotatable bonds is 5. The van der Waals surface area contributed by atoms with Crippen molar-refractivity contribution in [2.24, 2.45) is 0 Å². The van der Waals surface area contributed by atoms with Gasteiger partial charge in [0.2, 0.25) is 10.0 Å². The van der Waals surface area contributed by atoms with Crippen molar-refractivity contribution in [2.75, 3.05) is 27.7 Å². The van der Waals surface area contributed by atoms with E-state index in [2.05, 4.69) is 10.6 Å². The first-order chi connectivity index (χ1) is 14.4. The van der Waals surface area contributed by atoms with Gasteiger partial charge in [0.25, 0.3) is 5.91 Å². The van der Waals surface area contributed by atoms with Crippen LogP contribution >= 0.6 is 0 Å². The second-order valence-corrected chi connectivity index (χ2v) is 9.18. The van der Waals surface area contributed by atoms with Crippen molar-refractivity contribution in [1.82, 2.24) is 0 Å². The molecule has 0 atom stereocenters. The molecule has 0 radical (unpaired) electrons. The van der Waals surface area contributed by atoms with Crippen molar-refractivity contribution in [3.63, 3.8) is 0 Å². The maximum Gasteiger partial charge on any atom is 0.255 e. The average Bonchev–Trinajstić information content (AvgIpc) is 2.74. The summed E-state index contributed by atoms with van der Waals surface area (Å²) in [5.41, 5.74) is 4.41. The summed E-state index contributed by atoms with van der Waals surface area (Å²) in [6.07, 6.45) is 2.68. The summed E-state index contributed by atoms with van der Waals surface area (Å²) < 4.78 is 25.5. The minimum atomic E-state index is -3.33. The Hall–Kier alpha value is -3.32. The van der Waals surface area contributed by atoms with Crippen molar-refractivity contribution >= 4 is 38.7 Å². The zero-order valence-corrected chi connectivity index (χ0v) is 17.4. The Balaban J connectivity index is 1.57. The topological polar surface area (TPSA) is 78.5 Å². The lowest BCUT2D eigenvalue weighted by molar-refractivity contribution is 0.102. The van der Waals surface area contributed by atoms with Crippen LogP contribution in [0, 0.1) is 0 Å². The number of aryl methyl sites for hydroxylation is 1. The lowest BCUT2D eigenvalue weighted by Gasteiger charge is -2.29. The molecule has 4 rings (SSSR count). The summed E-state index contributed by atoms with van der Waals surface area (Å²) in [7, 11) is -3.33. The van der Waals surface area contributed by atoms with E-state index in [1.165, 1.54) is 10.6 Å². The van der Waals surface area contributed by atoms with E-state index in [1.54, 1.807) is 18.2 Å². The first-order valence-electron chi connectivity index (χ1n) is 9.75. The van der Waals surface area contributed by atoms with Crippen LogP contribution in [0.25, 0.3) is 0 Å². The molecule has 1 heterocycles. The predicted octanol–water partition coefficient (Wildman–Crippen LogP) is 4.39. The Bertz CT molecular complexity index is 1180. The lowest BCUT2D eigenvalue weighted by atomic mass is 10.0. The molecule has 154 valence electrons. The number of carbonyl (C=O) groups excluding carboxylic acids is 1. The minimum Gasteiger partial charge on any atom is -0.354 e. The molecule has 1 aliphatic rings. The van der Waals surface area contributed by atoms with Gasteiger partial charge in [0.1, 0.15) is 0 Å². The second kappa shape index (κ2) is 8.20. The summed E-state index contributed by atoms with van der Waals surface area (Å²) in [6, 6.07) is 22.4. The van der Waals surface area contributed by atoms with Gasteiger partial charge in [-0.05, 0) is 60.9 Å². The molecule has 1 aliphatic heterocycles. The molecule has 3 aromatic carbocycles. The molecule has 1 amide bonds. The number of hydrogen-bond acceptors (Lipinski definition) is 4. The van der Waals surface area contributed by atoms with Gasteiger partial charge in [0.05, 0.1) is 23.3 Å². The Morgan fingerprint density at radius 2 is 1.63 bits per heavy atom. The molecular weight excluding hydrogens is 398 g/mol. The zero-order chi connectivity index (χ0) is 21.1. The highest BCUT2D eigenvalue weighted by Crippen LogP contribution is 2.31. The Labute approximate surface area is 176 Å². The van der Waals surface area contributed by atoms with Gasteiger partial charge in [-0.15, -0.1) is 0 Å². The van der Waals surface area contributed by atoms with Gasteiger partial charge in [-0.2, -0.15) is 0 Å². The van der Waals surface area contributed by atoms with Crippen LogP contribution < -0.4 is 14.9 Å². The third kappa shape index (κ3) is 4.31. The summed E-state index contributed by atoms with van der Waals surface area (Å²) in [6.45, 7) is 0.468. The van der Waals surface area contributed by atoms with Crippen LogP contribution in [0.1, 0.15) is 22.3 Å². The zero-order valence-electron chi connectivity index (χ0n) is 16.6. The molecule has 0 bridgehead atoms. The van der Waals surface area contributed by atoms with Crippen LogP contribution in [0.4, 0.5) is 22.7 Å². The van der Waals surface area contributed by atoms with E-state index in [0.717, 1.165) is 29.8 Å². The third-order valence-electron chi connectivity index (χ3n) is 5.05. The number of hydrogen-bond donors (Lipinski definition) is 2. The van der Waals surface area contributed by atoms with E-state index in [4.69, 9.17) is 0 Å². The van der Waals surface area contributed by atoms with Crippen LogP contribution in [0.3, 0.4) is 0 Å². The molecule has 30 heavy (non-hydrogen) atoms. The van der Waals surface area contributed by atoms with Gasteiger partial charge >= 0.3 is 0 Å². The normalized spacial score (nSPS) is 13.4. The van der Waals surface area contributed by atoms with Gasteiger partial charge in [-0.25, -0.2) is 8.42 Å². The van der Waals surface area contributed by atoms with Gasteiger partial charge in [0, 0.05) is 17.8 Å². The number of nitrogens with one attached hydrogen (secondary N) is 2. The number of benzene rings is 3. The fraction of sp³-hybridized carbons (Fsp3) is 0.174. The molecule has 7 heteroatoms. The highest BCUT2D eigenvalue weighted by atomic mass is 32.2. The standard InChI is InChI=1S/C23H23N3O3S/c1-30(28,29)26-15-7-8-17-16-18(13-14-22(17)26)23(27)25-21-12-6-5-11-20(21)24-19-9-3-2-4-10-19/h2-6,9-14,16,24H,7-8,15H2,1H3,(H,25,27). The van der Waals surface area contributed by atoms with Gasteiger partial charge in [0.15, 0.2) is 0 Å². The van der Waals surface area contributed by atoms with E-state index in [9.17, 15) is 13.2 Å². The number of amides is 1. The van der Waals surface area contributed by atoms with Crippen LogP contribution in [0.2, 0.25) is 0 Å². The Morgan fingerprint density at radius 3 is 2.37 bits per heavy atom. The number of para-hydroxylation sites is 3. The molecule has 0 spiro atoms. The van der Waals surface area contributed by atoms with Gasteiger partial charge in [-0.1, -0.05) is 30.3 Å². The van der Waals surface area contributed by atoms with E-state index in [1.807, 2.05) is 54.6 Å². The maximum absolute atomic E-state index is 12.9. The summed E-state index contributed by atoms with van der Waals surface area (Å²) in [5.74, 6) is -0.239. The molecule has 0 aromatic heterocycles. The van der Waals surface area contributed by atoms with Crippen LogP contribution in [-0.2, 0) is 16.4 Å². The summed E-state index contributed by atoms with van der Waals surface area (Å²) >= 11 is 0. The predicted molar refractivity (Wildman–Crippen MR) is 121 cm³/mol. The van der Waals surface area contributed by atoms with Crippen molar-refractivity contribution in [2.45, 2.75) is 12.8 Å². The van der Waals surface area contributed by atoms with E-state index in [-0.39, 0.29) is 5.91 Å². The number of carbonyl (C=O) groups is 1. The van der Waals surface area contributed by atoms with Gasteiger partial charge < -0.3 is 10.6 Å². The second-order valence-electron chi connectivity index (χ2n) is 7.27. The van der Waals surface area contributed by atoms with E-state index < -0.39 is 10.0 Å². The van der Waals surface area contributed by atoms with Crippen molar-refractivity contribution in [3.8, 4) is 0 Å². The quantitative estimate of drug-likeness (QED) is 0.640. The van der Waals surface area contributed by atoms with Crippen molar-refractivity contribution in [3.05, 3.63) is 83.9 Å². The number of nitrogens with zero attached hydrogens (tertiary/aromatic N) is 1. The van der Waals surface area contributed by atoms with Gasteiger partial charge in [-0.3, -0.25) is 9.10 Å². The summed E-state index contributed by atoms with van der Waals surface area (Å²) in [5, 5.41) is 6.28. The average molecular weight is 422 g/mol. The number of sulfonamides is 1. The first kappa shape index (κ1) is 20.0. The molecule has 0 saturated heterocycles. The first-order valence-corrected chi connectivity index (χ1v) is 11.6. The van der Waals surface area contributed by atoms with Crippen molar-refractivity contribution < 1.29 is 13.2 Å². The minimum absolute atomic E-state index is 0.239. The molecule has 3 aromatic rings. The largest absolute Gasteiger partial charge is 0.354 e. The maximum atomic E-state index is 12.9. The fourth-order valence-corrected chi connectivity index (χ4v) is 4.62. The van der Waals surface area contributed by atoms with E-state index >= 15 is 0 Å². The molecule has 0 saturated carbocycles. The smallest absolute Gasteiger partial charge is 0.255 e. The number of anilines is 4. The molecule has 0 fully saturated rings.